The van der Waals surface area contributed by atoms with Crippen molar-refractivity contribution in [3.8, 4) is 0 Å². The molecule has 0 aromatic heterocycles. The molecule has 2 amide bonds. The maximum absolute atomic E-state index is 13.1. The number of amides is 2. The highest BCUT2D eigenvalue weighted by Crippen LogP contribution is 2.37. The highest BCUT2D eigenvalue weighted by molar-refractivity contribution is 6.99. The third-order valence-corrected chi connectivity index (χ3v) is 12.2. The third kappa shape index (κ3) is 5.82. The van der Waals surface area contributed by atoms with Crippen molar-refractivity contribution in [2.75, 3.05) is 13.2 Å². The molecule has 0 unspecified atom stereocenters. The summed E-state index contributed by atoms with van der Waals surface area (Å²) < 4.78 is 12.2. The van der Waals surface area contributed by atoms with Crippen LogP contribution >= 0.6 is 0 Å². The van der Waals surface area contributed by atoms with Gasteiger partial charge in [0, 0.05) is 12.7 Å². The molecular formula is C32H37NO4Si. The van der Waals surface area contributed by atoms with Crippen molar-refractivity contribution < 1.29 is 18.8 Å². The molecule has 1 heterocycles. The Kier molecular flexibility index (Phi) is 8.64. The van der Waals surface area contributed by atoms with Gasteiger partial charge < -0.3 is 9.16 Å². The van der Waals surface area contributed by atoms with E-state index in [4.69, 9.17) is 9.16 Å². The zero-order valence-electron chi connectivity index (χ0n) is 22.7. The quantitative estimate of drug-likeness (QED) is 0.194. The average molecular weight is 528 g/mol. The fraction of sp³-hybridized carbons (Fsp3) is 0.312. The molecule has 0 spiro atoms. The lowest BCUT2D eigenvalue weighted by molar-refractivity contribution is -0.124. The highest BCUT2D eigenvalue weighted by Gasteiger charge is 2.50. The van der Waals surface area contributed by atoms with Gasteiger partial charge in [-0.25, -0.2) is 9.69 Å². The van der Waals surface area contributed by atoms with Crippen LogP contribution in [0, 0.1) is 0 Å². The molecular weight excluding hydrogens is 490 g/mol. The second-order valence-corrected chi connectivity index (χ2v) is 15.1. The maximum Gasteiger partial charge on any atom is 0.417 e. The van der Waals surface area contributed by atoms with Gasteiger partial charge in [0.05, 0.1) is 0 Å². The van der Waals surface area contributed by atoms with Crippen molar-refractivity contribution >= 4 is 30.7 Å². The van der Waals surface area contributed by atoms with Gasteiger partial charge in [-0.05, 0) is 40.7 Å². The first kappa shape index (κ1) is 27.5. The number of benzene rings is 3. The second-order valence-electron chi connectivity index (χ2n) is 10.8. The van der Waals surface area contributed by atoms with Crippen LogP contribution in [0.5, 0.6) is 0 Å². The van der Waals surface area contributed by atoms with Crippen LogP contribution in [0.15, 0.2) is 103 Å². The summed E-state index contributed by atoms with van der Waals surface area (Å²) in [5.74, 6) is -0.341. The lowest BCUT2D eigenvalue weighted by Gasteiger charge is -2.43. The molecule has 0 N–H and O–H groups in total. The van der Waals surface area contributed by atoms with Gasteiger partial charge in [0.2, 0.25) is 0 Å². The fourth-order valence-electron chi connectivity index (χ4n) is 5.28. The number of ether oxygens (including phenoxy) is 1. The van der Waals surface area contributed by atoms with Crippen molar-refractivity contribution in [3.63, 3.8) is 0 Å². The van der Waals surface area contributed by atoms with E-state index in [0.29, 0.717) is 13.0 Å². The summed E-state index contributed by atoms with van der Waals surface area (Å²) in [5, 5.41) is 2.42. The van der Waals surface area contributed by atoms with E-state index in [-0.39, 0.29) is 17.6 Å². The second kappa shape index (κ2) is 11.9. The SMILES string of the molecule is C/C(=C\C(=O)N1C(=O)OC[C@@H]1c1ccccc1)CCCO[Si](c1ccccc1)(c1ccccc1)C(C)(C)C. The normalized spacial score (nSPS) is 16.4. The molecule has 6 heteroatoms. The summed E-state index contributed by atoms with van der Waals surface area (Å²) >= 11 is 0. The van der Waals surface area contributed by atoms with E-state index in [1.54, 1.807) is 6.08 Å². The smallest absolute Gasteiger partial charge is 0.417 e. The number of nitrogens with zero attached hydrogens (tertiary/aromatic N) is 1. The lowest BCUT2D eigenvalue weighted by Crippen LogP contribution is -2.66. The van der Waals surface area contributed by atoms with Crippen LogP contribution in [-0.4, -0.2) is 38.4 Å². The maximum atomic E-state index is 13.1. The molecule has 3 aromatic carbocycles. The van der Waals surface area contributed by atoms with E-state index in [2.05, 4.69) is 69.3 Å². The molecule has 1 atom stereocenters. The van der Waals surface area contributed by atoms with Crippen molar-refractivity contribution in [1.82, 2.24) is 4.90 Å². The first-order valence-corrected chi connectivity index (χ1v) is 15.1. The number of cyclic esters (lactones) is 1. The van der Waals surface area contributed by atoms with Crippen molar-refractivity contribution in [1.29, 1.82) is 0 Å². The van der Waals surface area contributed by atoms with Crippen molar-refractivity contribution in [2.45, 2.75) is 51.6 Å². The van der Waals surface area contributed by atoms with E-state index in [9.17, 15) is 9.59 Å². The van der Waals surface area contributed by atoms with Crippen LogP contribution in [0.1, 0.15) is 52.1 Å². The largest absolute Gasteiger partial charge is 0.446 e. The number of hydrogen-bond acceptors (Lipinski definition) is 4. The minimum atomic E-state index is -2.59. The molecule has 0 aliphatic carbocycles. The van der Waals surface area contributed by atoms with Gasteiger partial charge >= 0.3 is 6.09 Å². The van der Waals surface area contributed by atoms with Crippen LogP contribution in [0.4, 0.5) is 4.79 Å². The summed E-state index contributed by atoms with van der Waals surface area (Å²) in [7, 11) is -2.59. The van der Waals surface area contributed by atoms with Gasteiger partial charge in [0.1, 0.15) is 12.6 Å². The topological polar surface area (TPSA) is 55.8 Å². The van der Waals surface area contributed by atoms with Gasteiger partial charge in [-0.1, -0.05) is 117 Å². The van der Waals surface area contributed by atoms with Crippen molar-refractivity contribution in [2.24, 2.45) is 0 Å². The number of allylic oxidation sites excluding steroid dienone is 1. The van der Waals surface area contributed by atoms with Gasteiger partial charge in [-0.15, -0.1) is 0 Å². The van der Waals surface area contributed by atoms with Gasteiger partial charge in [-0.2, -0.15) is 0 Å². The van der Waals surface area contributed by atoms with Crippen LogP contribution in [0.2, 0.25) is 5.04 Å². The first-order chi connectivity index (χ1) is 18.2. The van der Waals surface area contributed by atoms with E-state index in [0.717, 1.165) is 17.6 Å². The number of carbonyl (C=O) groups is 2. The summed E-state index contributed by atoms with van der Waals surface area (Å²) in [6, 6.07) is 30.3. The fourth-order valence-corrected chi connectivity index (χ4v) is 9.88. The lowest BCUT2D eigenvalue weighted by atomic mass is 10.1. The van der Waals surface area contributed by atoms with Crippen LogP contribution in [-0.2, 0) is 14.0 Å². The Morgan fingerprint density at radius 2 is 1.47 bits per heavy atom. The highest BCUT2D eigenvalue weighted by atomic mass is 28.4. The predicted octanol–water partition coefficient (Wildman–Crippen LogP) is 6.01. The zero-order valence-corrected chi connectivity index (χ0v) is 23.7. The molecule has 0 saturated carbocycles. The number of imide groups is 1. The number of hydrogen-bond donors (Lipinski definition) is 0. The van der Waals surface area contributed by atoms with E-state index in [1.807, 2.05) is 49.4 Å². The van der Waals surface area contributed by atoms with E-state index >= 15 is 0 Å². The summed E-state index contributed by atoms with van der Waals surface area (Å²) in [6.07, 6.45) is 2.43. The monoisotopic (exact) mass is 527 g/mol. The standard InChI is InChI=1S/C32H37NO4Si/c1-25(23-30(34)33-29(24-36-31(33)35)26-16-8-5-9-17-26)15-14-22-37-38(32(2,3)4,27-18-10-6-11-19-27)28-20-12-7-13-21-28/h5-13,16-21,23,29H,14-15,22,24H2,1-4H3/b25-23+/t29-/m1/s1. The molecule has 5 nitrogen and oxygen atoms in total. The third-order valence-electron chi connectivity index (χ3n) is 7.12. The van der Waals surface area contributed by atoms with E-state index < -0.39 is 20.5 Å². The van der Waals surface area contributed by atoms with E-state index in [1.165, 1.54) is 15.3 Å². The Labute approximate surface area is 227 Å². The zero-order chi connectivity index (χ0) is 27.2. The molecule has 0 bridgehead atoms. The summed E-state index contributed by atoms with van der Waals surface area (Å²) in [4.78, 5) is 26.6. The molecule has 3 aromatic rings. The molecule has 198 valence electrons. The van der Waals surface area contributed by atoms with Crippen LogP contribution < -0.4 is 10.4 Å². The number of carbonyl (C=O) groups excluding carboxylic acids is 2. The summed E-state index contributed by atoms with van der Waals surface area (Å²) in [6.45, 7) is 9.47. The predicted molar refractivity (Wildman–Crippen MR) is 154 cm³/mol. The Bertz CT molecular complexity index is 1210. The molecule has 0 radical (unpaired) electrons. The minimum absolute atomic E-state index is 0.0842. The molecule has 1 aliphatic heterocycles. The Morgan fingerprint density at radius 3 is 2.00 bits per heavy atom. The molecule has 1 fully saturated rings. The molecule has 1 aliphatic rings. The molecule has 1 saturated heterocycles. The Morgan fingerprint density at radius 1 is 0.947 bits per heavy atom. The minimum Gasteiger partial charge on any atom is -0.446 e. The molecule has 38 heavy (non-hydrogen) atoms. The van der Waals surface area contributed by atoms with Gasteiger partial charge in [0.15, 0.2) is 0 Å². The average Bonchev–Trinajstić information content (AvgIpc) is 3.31. The Balaban J connectivity index is 1.46. The van der Waals surface area contributed by atoms with Crippen molar-refractivity contribution in [3.05, 3.63) is 108 Å². The van der Waals surface area contributed by atoms with Gasteiger partial charge in [-0.3, -0.25) is 4.79 Å². The van der Waals surface area contributed by atoms with Crippen LogP contribution in [0.25, 0.3) is 0 Å². The number of rotatable bonds is 9. The molecule has 4 rings (SSSR count). The van der Waals surface area contributed by atoms with Crippen LogP contribution in [0.3, 0.4) is 0 Å². The first-order valence-electron chi connectivity index (χ1n) is 13.2. The van der Waals surface area contributed by atoms with Gasteiger partial charge in [0.25, 0.3) is 14.2 Å². The summed E-state index contributed by atoms with van der Waals surface area (Å²) in [5.41, 5.74) is 1.80. The Hall–Kier alpha value is -3.48.